The molecule has 1 aromatic carbocycles. The molecule has 2 atom stereocenters. The fourth-order valence-corrected chi connectivity index (χ4v) is 1.40. The van der Waals surface area contributed by atoms with Crippen LogP contribution in [0.3, 0.4) is 0 Å². The van der Waals surface area contributed by atoms with Gasteiger partial charge in [0, 0.05) is 6.54 Å². The maximum Gasteiger partial charge on any atom is 0.320 e. The lowest BCUT2D eigenvalue weighted by atomic mass is 10.1. The van der Waals surface area contributed by atoms with Crippen LogP contribution < -0.4 is 16.8 Å². The average molecular weight is 251 g/mol. The molecule has 0 fully saturated rings. The summed E-state index contributed by atoms with van der Waals surface area (Å²) in [7, 11) is 0. The fourth-order valence-electron chi connectivity index (χ4n) is 1.40. The summed E-state index contributed by atoms with van der Waals surface area (Å²) in [6.07, 6.45) is -0.0873. The molecule has 6 heteroatoms. The second-order valence-electron chi connectivity index (χ2n) is 3.99. The summed E-state index contributed by atoms with van der Waals surface area (Å²) < 4.78 is 0. The van der Waals surface area contributed by atoms with Crippen LogP contribution in [-0.4, -0.2) is 29.1 Å². The molecule has 6 N–H and O–H groups in total. The third kappa shape index (κ3) is 4.52. The van der Waals surface area contributed by atoms with Crippen molar-refractivity contribution in [2.75, 3.05) is 0 Å². The number of benzene rings is 1. The van der Waals surface area contributed by atoms with Crippen molar-refractivity contribution in [2.24, 2.45) is 11.5 Å². The van der Waals surface area contributed by atoms with Gasteiger partial charge < -0.3 is 21.9 Å². The van der Waals surface area contributed by atoms with Crippen LogP contribution in [0.25, 0.3) is 0 Å². The van der Waals surface area contributed by atoms with Crippen molar-refractivity contribution in [3.8, 4) is 0 Å². The van der Waals surface area contributed by atoms with Crippen LogP contribution in [-0.2, 0) is 16.1 Å². The molecule has 0 saturated carbocycles. The molecule has 0 radical (unpaired) electrons. The van der Waals surface area contributed by atoms with Gasteiger partial charge in [0.2, 0.25) is 5.91 Å². The molecule has 1 unspecified atom stereocenters. The molecule has 0 aliphatic rings. The van der Waals surface area contributed by atoms with Crippen LogP contribution in [0.4, 0.5) is 0 Å². The SMILES string of the molecule is NC(C[C@H](N)C(=O)O)C(=O)NCc1ccccc1. The highest BCUT2D eigenvalue weighted by atomic mass is 16.4. The highest BCUT2D eigenvalue weighted by molar-refractivity contribution is 5.83. The van der Waals surface area contributed by atoms with E-state index in [1.807, 2.05) is 30.3 Å². The first-order chi connectivity index (χ1) is 8.50. The summed E-state index contributed by atoms with van der Waals surface area (Å²) in [6, 6.07) is 7.30. The molecule has 0 aliphatic heterocycles. The van der Waals surface area contributed by atoms with E-state index in [0.717, 1.165) is 5.56 Å². The smallest absolute Gasteiger partial charge is 0.320 e. The van der Waals surface area contributed by atoms with Gasteiger partial charge in [-0.1, -0.05) is 30.3 Å². The summed E-state index contributed by atoms with van der Waals surface area (Å²) >= 11 is 0. The number of nitrogens with two attached hydrogens (primary N) is 2. The first kappa shape index (κ1) is 14.1. The van der Waals surface area contributed by atoms with Crippen LogP contribution in [0.2, 0.25) is 0 Å². The molecule has 1 amide bonds. The second-order valence-corrected chi connectivity index (χ2v) is 3.99. The van der Waals surface area contributed by atoms with Gasteiger partial charge in [-0.15, -0.1) is 0 Å². The van der Waals surface area contributed by atoms with E-state index in [0.29, 0.717) is 6.54 Å². The van der Waals surface area contributed by atoms with Gasteiger partial charge in [-0.3, -0.25) is 9.59 Å². The van der Waals surface area contributed by atoms with E-state index in [1.54, 1.807) is 0 Å². The molecule has 0 heterocycles. The zero-order valence-electron chi connectivity index (χ0n) is 9.87. The lowest BCUT2D eigenvalue weighted by Gasteiger charge is -2.14. The minimum atomic E-state index is -1.17. The lowest BCUT2D eigenvalue weighted by molar-refractivity contribution is -0.138. The predicted octanol–water partition coefficient (Wildman–Crippen LogP) is -0.568. The standard InChI is InChI=1S/C12H17N3O3/c13-9(6-10(14)12(17)18)11(16)15-7-8-4-2-1-3-5-8/h1-5,9-10H,6-7,13-14H2,(H,15,16)(H,17,18)/t9?,10-/m0/s1. The number of carbonyl (C=O) groups excluding carboxylic acids is 1. The van der Waals surface area contributed by atoms with Crippen LogP contribution in [0.15, 0.2) is 30.3 Å². The Morgan fingerprint density at radius 3 is 2.33 bits per heavy atom. The van der Waals surface area contributed by atoms with E-state index in [4.69, 9.17) is 16.6 Å². The number of carboxylic acids is 1. The van der Waals surface area contributed by atoms with Gasteiger partial charge in [-0.2, -0.15) is 0 Å². The summed E-state index contributed by atoms with van der Waals surface area (Å²) in [5.74, 6) is -1.57. The largest absolute Gasteiger partial charge is 0.480 e. The van der Waals surface area contributed by atoms with E-state index in [-0.39, 0.29) is 6.42 Å². The van der Waals surface area contributed by atoms with Gasteiger partial charge in [-0.25, -0.2) is 0 Å². The number of aliphatic carboxylic acids is 1. The molecule has 1 rings (SSSR count). The van der Waals surface area contributed by atoms with E-state index in [9.17, 15) is 9.59 Å². The van der Waals surface area contributed by atoms with Crippen molar-refractivity contribution in [1.29, 1.82) is 0 Å². The summed E-state index contributed by atoms with van der Waals surface area (Å²) in [4.78, 5) is 22.1. The van der Waals surface area contributed by atoms with Crippen LogP contribution >= 0.6 is 0 Å². The highest BCUT2D eigenvalue weighted by Gasteiger charge is 2.20. The third-order valence-corrected chi connectivity index (χ3v) is 2.47. The van der Waals surface area contributed by atoms with Crippen molar-refractivity contribution < 1.29 is 14.7 Å². The number of carboxylic acid groups (broad SMARTS) is 1. The summed E-state index contributed by atoms with van der Waals surface area (Å²) in [5.41, 5.74) is 11.8. The van der Waals surface area contributed by atoms with Gasteiger partial charge in [0.25, 0.3) is 0 Å². The molecular formula is C12H17N3O3. The number of hydrogen-bond donors (Lipinski definition) is 4. The average Bonchev–Trinajstić information content (AvgIpc) is 2.36. The minimum Gasteiger partial charge on any atom is -0.480 e. The summed E-state index contributed by atoms with van der Waals surface area (Å²) in [6.45, 7) is 0.357. The molecule has 0 spiro atoms. The Hall–Kier alpha value is -1.92. The molecule has 0 saturated heterocycles. The highest BCUT2D eigenvalue weighted by Crippen LogP contribution is 1.99. The zero-order valence-corrected chi connectivity index (χ0v) is 9.87. The zero-order chi connectivity index (χ0) is 13.5. The summed E-state index contributed by atoms with van der Waals surface area (Å²) in [5, 5.41) is 11.2. The van der Waals surface area contributed by atoms with Crippen molar-refractivity contribution in [1.82, 2.24) is 5.32 Å². The van der Waals surface area contributed by atoms with Gasteiger partial charge in [-0.05, 0) is 12.0 Å². The third-order valence-electron chi connectivity index (χ3n) is 2.47. The molecular weight excluding hydrogens is 234 g/mol. The van der Waals surface area contributed by atoms with E-state index in [2.05, 4.69) is 5.32 Å². The first-order valence-electron chi connectivity index (χ1n) is 5.56. The van der Waals surface area contributed by atoms with Gasteiger partial charge in [0.15, 0.2) is 0 Å². The van der Waals surface area contributed by atoms with Crippen LogP contribution in [0.1, 0.15) is 12.0 Å². The minimum absolute atomic E-state index is 0.0873. The lowest BCUT2D eigenvalue weighted by Crippen LogP contribution is -2.45. The number of hydrogen-bond acceptors (Lipinski definition) is 4. The maximum absolute atomic E-state index is 11.6. The Bertz CT molecular complexity index is 408. The molecule has 0 bridgehead atoms. The Labute approximate surface area is 105 Å². The quantitative estimate of drug-likeness (QED) is 0.540. The topological polar surface area (TPSA) is 118 Å². The van der Waals surface area contributed by atoms with Crippen molar-refractivity contribution in [3.05, 3.63) is 35.9 Å². The Morgan fingerprint density at radius 2 is 1.78 bits per heavy atom. The molecule has 0 aliphatic carbocycles. The predicted molar refractivity (Wildman–Crippen MR) is 66.5 cm³/mol. The number of rotatable bonds is 6. The van der Waals surface area contributed by atoms with Crippen molar-refractivity contribution in [2.45, 2.75) is 25.0 Å². The molecule has 18 heavy (non-hydrogen) atoms. The Kier molecular flexibility index (Phi) is 5.29. The molecule has 98 valence electrons. The first-order valence-corrected chi connectivity index (χ1v) is 5.56. The Balaban J connectivity index is 2.39. The van der Waals surface area contributed by atoms with Gasteiger partial charge in [0.1, 0.15) is 6.04 Å². The second kappa shape index (κ2) is 6.73. The number of carbonyl (C=O) groups is 2. The molecule has 1 aromatic rings. The molecule has 6 nitrogen and oxygen atoms in total. The maximum atomic E-state index is 11.6. The molecule has 0 aromatic heterocycles. The van der Waals surface area contributed by atoms with Gasteiger partial charge in [0.05, 0.1) is 6.04 Å². The van der Waals surface area contributed by atoms with Crippen molar-refractivity contribution in [3.63, 3.8) is 0 Å². The number of nitrogens with one attached hydrogen (secondary N) is 1. The number of amides is 1. The van der Waals surface area contributed by atoms with Crippen LogP contribution in [0.5, 0.6) is 0 Å². The van der Waals surface area contributed by atoms with E-state index in [1.165, 1.54) is 0 Å². The fraction of sp³-hybridized carbons (Fsp3) is 0.333. The van der Waals surface area contributed by atoms with Crippen molar-refractivity contribution >= 4 is 11.9 Å². The normalized spacial score (nSPS) is 13.7. The Morgan fingerprint density at radius 1 is 1.17 bits per heavy atom. The van der Waals surface area contributed by atoms with Gasteiger partial charge >= 0.3 is 5.97 Å². The van der Waals surface area contributed by atoms with E-state index < -0.39 is 24.0 Å². The van der Waals surface area contributed by atoms with Crippen LogP contribution in [0, 0.1) is 0 Å². The monoisotopic (exact) mass is 251 g/mol. The van der Waals surface area contributed by atoms with E-state index >= 15 is 0 Å².